The van der Waals surface area contributed by atoms with Crippen molar-refractivity contribution in [3.8, 4) is 0 Å². The van der Waals surface area contributed by atoms with E-state index in [4.69, 9.17) is 5.11 Å². The third kappa shape index (κ3) is 3.11. The van der Waals surface area contributed by atoms with Gasteiger partial charge in [-0.05, 0) is 46.4 Å². The van der Waals surface area contributed by atoms with E-state index >= 15 is 0 Å². The van der Waals surface area contributed by atoms with Crippen molar-refractivity contribution in [3.05, 3.63) is 39.1 Å². The third-order valence-electron chi connectivity index (χ3n) is 2.44. The summed E-state index contributed by atoms with van der Waals surface area (Å²) >= 11 is 2.15. The van der Waals surface area contributed by atoms with E-state index in [0.717, 1.165) is 9.13 Å². The standard InChI is InChI=1S/C12H9IN2O4/c13-8-3-1-7(2-4-8)5-9-11(18)15(6-10(16)17)12(19)14-9/h1-5H,6H2,(H,14,19)(H,16,17)/b9-5+. The first-order valence-corrected chi connectivity index (χ1v) is 6.37. The van der Waals surface area contributed by atoms with Crippen LogP contribution in [0, 0.1) is 3.57 Å². The number of nitrogens with zero attached hydrogens (tertiary/aromatic N) is 1. The van der Waals surface area contributed by atoms with Crippen LogP contribution in [0.25, 0.3) is 6.08 Å². The van der Waals surface area contributed by atoms with Gasteiger partial charge in [0.2, 0.25) is 0 Å². The number of benzene rings is 1. The van der Waals surface area contributed by atoms with Gasteiger partial charge in [-0.15, -0.1) is 0 Å². The highest BCUT2D eigenvalue weighted by molar-refractivity contribution is 14.1. The van der Waals surface area contributed by atoms with Crippen LogP contribution in [-0.2, 0) is 9.59 Å². The van der Waals surface area contributed by atoms with Crippen molar-refractivity contribution >= 4 is 46.6 Å². The number of urea groups is 1. The van der Waals surface area contributed by atoms with Gasteiger partial charge in [0.05, 0.1) is 0 Å². The zero-order chi connectivity index (χ0) is 14.0. The number of carboxylic acid groups (broad SMARTS) is 1. The van der Waals surface area contributed by atoms with Gasteiger partial charge in [-0.1, -0.05) is 12.1 Å². The number of rotatable bonds is 3. The van der Waals surface area contributed by atoms with Gasteiger partial charge in [0.25, 0.3) is 5.91 Å². The van der Waals surface area contributed by atoms with E-state index in [1.54, 1.807) is 12.1 Å². The minimum Gasteiger partial charge on any atom is -0.480 e. The zero-order valence-electron chi connectivity index (χ0n) is 9.59. The van der Waals surface area contributed by atoms with Crippen LogP contribution in [0.2, 0.25) is 0 Å². The monoisotopic (exact) mass is 372 g/mol. The van der Waals surface area contributed by atoms with Gasteiger partial charge in [0.15, 0.2) is 0 Å². The quantitative estimate of drug-likeness (QED) is 0.475. The average Bonchev–Trinajstić information content (AvgIpc) is 2.60. The van der Waals surface area contributed by atoms with Gasteiger partial charge >= 0.3 is 12.0 Å². The van der Waals surface area contributed by atoms with Gasteiger partial charge in [0, 0.05) is 3.57 Å². The highest BCUT2D eigenvalue weighted by Gasteiger charge is 2.34. The van der Waals surface area contributed by atoms with Crippen LogP contribution in [0.5, 0.6) is 0 Å². The van der Waals surface area contributed by atoms with Gasteiger partial charge in [-0.3, -0.25) is 9.59 Å². The number of nitrogens with one attached hydrogen (secondary N) is 1. The molecule has 0 radical (unpaired) electrons. The lowest BCUT2D eigenvalue weighted by Crippen LogP contribution is -2.35. The second-order valence-electron chi connectivity index (χ2n) is 3.82. The van der Waals surface area contributed by atoms with E-state index in [1.165, 1.54) is 6.08 Å². The predicted octanol–water partition coefficient (Wildman–Crippen LogP) is 1.27. The van der Waals surface area contributed by atoms with Crippen molar-refractivity contribution in [2.24, 2.45) is 0 Å². The Morgan fingerprint density at radius 1 is 1.32 bits per heavy atom. The molecule has 0 atom stereocenters. The summed E-state index contributed by atoms with van der Waals surface area (Å²) in [6.45, 7) is -0.644. The fourth-order valence-corrected chi connectivity index (χ4v) is 1.94. The summed E-state index contributed by atoms with van der Waals surface area (Å²) in [5.74, 6) is -1.87. The first-order valence-electron chi connectivity index (χ1n) is 5.29. The molecule has 0 bridgehead atoms. The van der Waals surface area contributed by atoms with Gasteiger partial charge < -0.3 is 10.4 Å². The molecule has 1 saturated heterocycles. The van der Waals surface area contributed by atoms with E-state index in [0.29, 0.717) is 4.90 Å². The van der Waals surface area contributed by atoms with Crippen LogP contribution in [0.4, 0.5) is 4.79 Å². The third-order valence-corrected chi connectivity index (χ3v) is 3.16. The highest BCUT2D eigenvalue weighted by Crippen LogP contribution is 2.15. The molecule has 2 N–H and O–H groups in total. The number of carboxylic acids is 1. The van der Waals surface area contributed by atoms with Crippen LogP contribution >= 0.6 is 22.6 Å². The molecule has 1 aliphatic rings. The molecule has 1 fully saturated rings. The van der Waals surface area contributed by atoms with E-state index in [1.807, 2.05) is 12.1 Å². The Morgan fingerprint density at radius 3 is 2.53 bits per heavy atom. The predicted molar refractivity (Wildman–Crippen MR) is 75.0 cm³/mol. The Bertz CT molecular complexity index is 580. The Kier molecular flexibility index (Phi) is 3.84. The molecule has 19 heavy (non-hydrogen) atoms. The Morgan fingerprint density at radius 2 is 1.95 bits per heavy atom. The summed E-state index contributed by atoms with van der Waals surface area (Å²) < 4.78 is 1.05. The maximum atomic E-state index is 11.8. The maximum Gasteiger partial charge on any atom is 0.329 e. The van der Waals surface area contributed by atoms with Crippen molar-refractivity contribution in [2.45, 2.75) is 0 Å². The van der Waals surface area contributed by atoms with Gasteiger partial charge in [-0.25, -0.2) is 9.69 Å². The molecule has 2 rings (SSSR count). The first kappa shape index (κ1) is 13.5. The van der Waals surface area contributed by atoms with Crippen LogP contribution < -0.4 is 5.32 Å². The minimum absolute atomic E-state index is 0.0764. The van der Waals surface area contributed by atoms with Crippen LogP contribution in [0.1, 0.15) is 5.56 Å². The highest BCUT2D eigenvalue weighted by atomic mass is 127. The minimum atomic E-state index is -1.24. The number of hydrogen-bond donors (Lipinski definition) is 2. The van der Waals surface area contributed by atoms with E-state index in [9.17, 15) is 14.4 Å². The topological polar surface area (TPSA) is 86.7 Å². The van der Waals surface area contributed by atoms with Gasteiger partial charge in [-0.2, -0.15) is 0 Å². The van der Waals surface area contributed by atoms with Crippen LogP contribution in [0.15, 0.2) is 30.0 Å². The largest absolute Gasteiger partial charge is 0.480 e. The van der Waals surface area contributed by atoms with E-state index < -0.39 is 24.5 Å². The number of halogens is 1. The number of carbonyl (C=O) groups is 3. The van der Waals surface area contributed by atoms with Crippen molar-refractivity contribution < 1.29 is 19.5 Å². The van der Waals surface area contributed by atoms with Crippen LogP contribution in [-0.4, -0.2) is 34.5 Å². The summed E-state index contributed by atoms with van der Waals surface area (Å²) in [6.07, 6.45) is 1.51. The fourth-order valence-electron chi connectivity index (χ4n) is 1.58. The lowest BCUT2D eigenvalue weighted by molar-refractivity contribution is -0.140. The van der Waals surface area contributed by atoms with Gasteiger partial charge in [0.1, 0.15) is 12.2 Å². The number of amides is 3. The lowest BCUT2D eigenvalue weighted by Gasteiger charge is -2.06. The SMILES string of the molecule is O=C(O)CN1C(=O)N/C(=C/c2ccc(I)cc2)C1=O. The smallest absolute Gasteiger partial charge is 0.329 e. The Balaban J connectivity index is 2.23. The molecule has 98 valence electrons. The molecule has 1 heterocycles. The number of imide groups is 1. The molecule has 1 aromatic carbocycles. The lowest BCUT2D eigenvalue weighted by atomic mass is 10.2. The average molecular weight is 372 g/mol. The second-order valence-corrected chi connectivity index (χ2v) is 5.07. The zero-order valence-corrected chi connectivity index (χ0v) is 11.7. The summed E-state index contributed by atoms with van der Waals surface area (Å²) in [5.41, 5.74) is 0.827. The maximum absolute atomic E-state index is 11.8. The van der Waals surface area contributed by atoms with Crippen molar-refractivity contribution in [1.29, 1.82) is 0 Å². The molecule has 0 spiro atoms. The van der Waals surface area contributed by atoms with Crippen molar-refractivity contribution in [2.75, 3.05) is 6.54 Å². The van der Waals surface area contributed by atoms with Crippen molar-refractivity contribution in [1.82, 2.24) is 10.2 Å². The Labute approximate surface area is 122 Å². The van der Waals surface area contributed by atoms with E-state index in [-0.39, 0.29) is 5.70 Å². The Hall–Kier alpha value is -1.90. The molecule has 6 nitrogen and oxygen atoms in total. The molecule has 0 aromatic heterocycles. The van der Waals surface area contributed by atoms with Crippen LogP contribution in [0.3, 0.4) is 0 Å². The molecule has 3 amide bonds. The number of hydrogen-bond acceptors (Lipinski definition) is 3. The normalized spacial score (nSPS) is 16.9. The second kappa shape index (κ2) is 5.39. The fraction of sp³-hybridized carbons (Fsp3) is 0.0833. The first-order chi connectivity index (χ1) is 8.97. The number of carbonyl (C=O) groups excluding carboxylic acids is 2. The van der Waals surface area contributed by atoms with E-state index in [2.05, 4.69) is 27.9 Å². The molecular formula is C12H9IN2O4. The summed E-state index contributed by atoms with van der Waals surface area (Å²) in [5, 5.41) is 11.0. The summed E-state index contributed by atoms with van der Waals surface area (Å²) in [7, 11) is 0. The molecule has 1 aliphatic heterocycles. The molecule has 0 unspecified atom stereocenters. The summed E-state index contributed by atoms with van der Waals surface area (Å²) in [4.78, 5) is 34.5. The number of aliphatic carboxylic acids is 1. The molecule has 0 saturated carbocycles. The molecular weight excluding hydrogens is 363 g/mol. The molecule has 0 aliphatic carbocycles. The molecule has 1 aromatic rings. The van der Waals surface area contributed by atoms with Crippen molar-refractivity contribution in [3.63, 3.8) is 0 Å². The summed E-state index contributed by atoms with van der Waals surface area (Å²) in [6, 6.07) is 6.61. The molecule has 7 heteroatoms.